The fourth-order valence-corrected chi connectivity index (χ4v) is 2.01. The highest BCUT2D eigenvalue weighted by molar-refractivity contribution is 5.92. The molecule has 1 N–H and O–H groups in total. The van der Waals surface area contributed by atoms with Gasteiger partial charge in [0.05, 0.1) is 6.61 Å². The van der Waals surface area contributed by atoms with E-state index in [9.17, 15) is 4.79 Å². The molecule has 0 aliphatic carbocycles. The maximum Gasteiger partial charge on any atom is 0.244 e. The number of benzene rings is 1. The molecule has 116 valence electrons. The van der Waals surface area contributed by atoms with E-state index in [2.05, 4.69) is 24.1 Å². The van der Waals surface area contributed by atoms with E-state index in [1.165, 1.54) is 0 Å². The van der Waals surface area contributed by atoms with Gasteiger partial charge >= 0.3 is 0 Å². The molecule has 0 aromatic heterocycles. The van der Waals surface area contributed by atoms with Gasteiger partial charge < -0.3 is 15.0 Å². The summed E-state index contributed by atoms with van der Waals surface area (Å²) in [6.07, 6.45) is 3.35. The molecule has 0 atom stereocenters. The van der Waals surface area contributed by atoms with E-state index in [-0.39, 0.29) is 5.91 Å². The van der Waals surface area contributed by atoms with E-state index in [0.717, 1.165) is 30.9 Å². The molecule has 0 saturated carbocycles. The minimum Gasteiger partial charge on any atom is -0.493 e. The molecule has 1 aromatic rings. The molecule has 4 nitrogen and oxygen atoms in total. The van der Waals surface area contributed by atoms with Gasteiger partial charge in [-0.1, -0.05) is 32.0 Å². The van der Waals surface area contributed by atoms with Gasteiger partial charge in [-0.25, -0.2) is 0 Å². The number of carbonyl (C=O) groups is 1. The lowest BCUT2D eigenvalue weighted by atomic mass is 10.2. The number of hydrogen-bond acceptors (Lipinski definition) is 3. The number of para-hydroxylation sites is 1. The third kappa shape index (κ3) is 6.45. The second-order valence-electron chi connectivity index (χ2n) is 4.62. The van der Waals surface area contributed by atoms with Crippen LogP contribution in [0.2, 0.25) is 0 Å². The van der Waals surface area contributed by atoms with E-state index in [4.69, 9.17) is 4.74 Å². The number of carbonyl (C=O) groups excluding carboxylic acids is 1. The van der Waals surface area contributed by atoms with Crippen molar-refractivity contribution in [2.24, 2.45) is 0 Å². The molecule has 0 aliphatic heterocycles. The molecule has 21 heavy (non-hydrogen) atoms. The molecule has 1 aromatic carbocycles. The number of rotatable bonds is 9. The van der Waals surface area contributed by atoms with Crippen LogP contribution in [-0.4, -0.2) is 43.6 Å². The zero-order chi connectivity index (χ0) is 15.5. The van der Waals surface area contributed by atoms with Crippen LogP contribution in [0.5, 0.6) is 5.75 Å². The molecule has 1 amide bonds. The Kier molecular flexibility index (Phi) is 8.21. The first-order chi connectivity index (χ1) is 10.2. The highest BCUT2D eigenvalue weighted by Crippen LogP contribution is 2.19. The normalized spacial score (nSPS) is 11.0. The summed E-state index contributed by atoms with van der Waals surface area (Å²) in [5, 5.41) is 2.90. The lowest BCUT2D eigenvalue weighted by Gasteiger charge is -2.17. The SMILES string of the molecule is CCOc1ccccc1C=CC(=O)NCCN(CC)CC. The van der Waals surface area contributed by atoms with Crippen molar-refractivity contribution in [1.29, 1.82) is 0 Å². The number of nitrogens with one attached hydrogen (secondary N) is 1. The van der Waals surface area contributed by atoms with Crippen molar-refractivity contribution < 1.29 is 9.53 Å². The third-order valence-corrected chi connectivity index (χ3v) is 3.25. The number of amides is 1. The number of likely N-dealkylation sites (N-methyl/N-ethyl adjacent to an activating group) is 1. The quantitative estimate of drug-likeness (QED) is 0.711. The van der Waals surface area contributed by atoms with Gasteiger partial charge in [-0.2, -0.15) is 0 Å². The first kappa shape index (κ1) is 17.2. The Morgan fingerprint density at radius 2 is 1.95 bits per heavy atom. The summed E-state index contributed by atoms with van der Waals surface area (Å²) < 4.78 is 5.52. The minimum atomic E-state index is -0.0755. The number of ether oxygens (including phenoxy) is 1. The number of nitrogens with zero attached hydrogens (tertiary/aromatic N) is 1. The van der Waals surface area contributed by atoms with Crippen LogP contribution in [-0.2, 0) is 4.79 Å². The average molecular weight is 290 g/mol. The van der Waals surface area contributed by atoms with E-state index in [1.807, 2.05) is 31.2 Å². The van der Waals surface area contributed by atoms with E-state index >= 15 is 0 Å². The predicted octanol–water partition coefficient (Wildman–Crippen LogP) is 2.56. The third-order valence-electron chi connectivity index (χ3n) is 3.25. The lowest BCUT2D eigenvalue weighted by molar-refractivity contribution is -0.116. The van der Waals surface area contributed by atoms with Gasteiger partial charge in [-0.05, 0) is 32.2 Å². The van der Waals surface area contributed by atoms with Crippen molar-refractivity contribution in [3.05, 3.63) is 35.9 Å². The van der Waals surface area contributed by atoms with E-state index in [0.29, 0.717) is 13.2 Å². The molecule has 0 aliphatic rings. The van der Waals surface area contributed by atoms with Crippen LogP contribution >= 0.6 is 0 Å². The smallest absolute Gasteiger partial charge is 0.244 e. The van der Waals surface area contributed by atoms with Crippen LogP contribution in [0.4, 0.5) is 0 Å². The van der Waals surface area contributed by atoms with Gasteiger partial charge in [-0.3, -0.25) is 4.79 Å². The Hall–Kier alpha value is -1.81. The van der Waals surface area contributed by atoms with Crippen molar-refractivity contribution in [2.45, 2.75) is 20.8 Å². The van der Waals surface area contributed by atoms with Crippen LogP contribution in [0, 0.1) is 0 Å². The predicted molar refractivity (Wildman–Crippen MR) is 87.4 cm³/mol. The van der Waals surface area contributed by atoms with Gasteiger partial charge in [0.25, 0.3) is 0 Å². The summed E-state index contributed by atoms with van der Waals surface area (Å²) in [5.41, 5.74) is 0.915. The highest BCUT2D eigenvalue weighted by atomic mass is 16.5. The Morgan fingerprint density at radius 3 is 2.62 bits per heavy atom. The zero-order valence-electron chi connectivity index (χ0n) is 13.3. The molecular weight excluding hydrogens is 264 g/mol. The first-order valence-corrected chi connectivity index (χ1v) is 7.61. The Balaban J connectivity index is 2.47. The zero-order valence-corrected chi connectivity index (χ0v) is 13.3. The maximum absolute atomic E-state index is 11.8. The van der Waals surface area contributed by atoms with Gasteiger partial charge in [0, 0.05) is 24.7 Å². The molecule has 0 spiro atoms. The van der Waals surface area contributed by atoms with E-state index in [1.54, 1.807) is 12.2 Å². The summed E-state index contributed by atoms with van der Waals surface area (Å²) >= 11 is 0. The van der Waals surface area contributed by atoms with Crippen molar-refractivity contribution >= 4 is 12.0 Å². The summed E-state index contributed by atoms with van der Waals surface area (Å²) in [6.45, 7) is 10.3. The summed E-state index contributed by atoms with van der Waals surface area (Å²) in [4.78, 5) is 14.1. The summed E-state index contributed by atoms with van der Waals surface area (Å²) in [7, 11) is 0. The molecule has 0 radical (unpaired) electrons. The Morgan fingerprint density at radius 1 is 1.24 bits per heavy atom. The maximum atomic E-state index is 11.8. The van der Waals surface area contributed by atoms with Crippen molar-refractivity contribution in [3.63, 3.8) is 0 Å². The topological polar surface area (TPSA) is 41.6 Å². The van der Waals surface area contributed by atoms with Crippen molar-refractivity contribution in [3.8, 4) is 5.75 Å². The lowest BCUT2D eigenvalue weighted by Crippen LogP contribution is -2.34. The molecule has 0 unspecified atom stereocenters. The van der Waals surface area contributed by atoms with E-state index < -0.39 is 0 Å². The van der Waals surface area contributed by atoms with Gasteiger partial charge in [0.15, 0.2) is 0 Å². The second kappa shape index (κ2) is 10.00. The Bertz CT molecular complexity index is 454. The first-order valence-electron chi connectivity index (χ1n) is 7.61. The standard InChI is InChI=1S/C17H26N2O2/c1-4-19(5-2)14-13-18-17(20)12-11-15-9-7-8-10-16(15)21-6-3/h7-12H,4-6,13-14H2,1-3H3,(H,18,20). The number of hydrogen-bond donors (Lipinski definition) is 1. The largest absolute Gasteiger partial charge is 0.493 e. The van der Waals surface area contributed by atoms with Crippen LogP contribution in [0.3, 0.4) is 0 Å². The fraction of sp³-hybridized carbons (Fsp3) is 0.471. The van der Waals surface area contributed by atoms with Crippen LogP contribution in [0.15, 0.2) is 30.3 Å². The van der Waals surface area contributed by atoms with Crippen molar-refractivity contribution in [2.75, 3.05) is 32.8 Å². The van der Waals surface area contributed by atoms with Gasteiger partial charge in [0.1, 0.15) is 5.75 Å². The molecule has 0 fully saturated rings. The summed E-state index contributed by atoms with van der Waals surface area (Å²) in [6, 6.07) is 7.69. The summed E-state index contributed by atoms with van der Waals surface area (Å²) in [5.74, 6) is 0.723. The molecule has 0 heterocycles. The fourth-order valence-electron chi connectivity index (χ4n) is 2.01. The minimum absolute atomic E-state index is 0.0755. The van der Waals surface area contributed by atoms with Gasteiger partial charge in [-0.15, -0.1) is 0 Å². The van der Waals surface area contributed by atoms with Crippen LogP contribution in [0.1, 0.15) is 26.3 Å². The van der Waals surface area contributed by atoms with Gasteiger partial charge in [0.2, 0.25) is 5.91 Å². The molecule has 1 rings (SSSR count). The molecule has 0 bridgehead atoms. The highest BCUT2D eigenvalue weighted by Gasteiger charge is 2.01. The molecule has 4 heteroatoms. The molecule has 0 saturated heterocycles. The van der Waals surface area contributed by atoms with Crippen LogP contribution in [0.25, 0.3) is 6.08 Å². The van der Waals surface area contributed by atoms with Crippen LogP contribution < -0.4 is 10.1 Å². The monoisotopic (exact) mass is 290 g/mol. The Labute approximate surface area is 127 Å². The average Bonchev–Trinajstić information content (AvgIpc) is 2.51. The molecular formula is C17H26N2O2. The second-order valence-corrected chi connectivity index (χ2v) is 4.62. The van der Waals surface area contributed by atoms with Crippen molar-refractivity contribution in [1.82, 2.24) is 10.2 Å².